The largest absolute Gasteiger partial charge is 0.480 e. The number of aryl methyl sites for hydroxylation is 1. The predicted molar refractivity (Wildman–Crippen MR) is 114 cm³/mol. The van der Waals surface area contributed by atoms with Crippen LogP contribution in [0.4, 0.5) is 0 Å². The van der Waals surface area contributed by atoms with E-state index in [-0.39, 0.29) is 5.91 Å². The maximum atomic E-state index is 12.9. The minimum Gasteiger partial charge on any atom is -0.424 e. The molecule has 1 aliphatic heterocycles. The number of carbonyl (C=O) groups excluding carboxylic acids is 1. The molecule has 1 fully saturated rings. The molecule has 3 rings (SSSR count). The van der Waals surface area contributed by atoms with E-state index in [0.29, 0.717) is 11.5 Å². The third-order valence-corrected chi connectivity index (χ3v) is 5.34. The first-order chi connectivity index (χ1) is 13.6. The lowest BCUT2D eigenvalue weighted by atomic mass is 9.88. The van der Waals surface area contributed by atoms with E-state index in [1.54, 1.807) is 12.1 Å². The molecule has 0 radical (unpaired) electrons. The summed E-state index contributed by atoms with van der Waals surface area (Å²) in [5.74, 6) is 1.83. The van der Waals surface area contributed by atoms with Crippen molar-refractivity contribution in [3.63, 3.8) is 0 Å². The molecule has 1 aliphatic rings. The van der Waals surface area contributed by atoms with Gasteiger partial charge in [0.15, 0.2) is 0 Å². The van der Waals surface area contributed by atoms with Crippen molar-refractivity contribution >= 4 is 19.1 Å². The van der Waals surface area contributed by atoms with Gasteiger partial charge in [0.05, 0.1) is 0 Å². The molecular formula is C23H28BNO3. The Hall–Kier alpha value is -2.37. The van der Waals surface area contributed by atoms with Crippen molar-refractivity contribution in [2.45, 2.75) is 38.5 Å². The van der Waals surface area contributed by atoms with Crippen LogP contribution in [0.1, 0.15) is 59.2 Å². The Balaban J connectivity index is 1.62. The van der Waals surface area contributed by atoms with Gasteiger partial charge in [0, 0.05) is 18.7 Å². The second-order valence-corrected chi connectivity index (χ2v) is 7.46. The number of likely N-dealkylation sites (tertiary alicyclic amines) is 1. The molecule has 1 heterocycles. The third kappa shape index (κ3) is 5.34. The van der Waals surface area contributed by atoms with Crippen molar-refractivity contribution < 1.29 is 14.8 Å². The highest BCUT2D eigenvalue weighted by Crippen LogP contribution is 2.29. The van der Waals surface area contributed by atoms with Crippen molar-refractivity contribution in [1.29, 1.82) is 0 Å². The third-order valence-electron chi connectivity index (χ3n) is 5.34. The Morgan fingerprint density at radius 1 is 1.14 bits per heavy atom. The molecule has 0 aromatic heterocycles. The van der Waals surface area contributed by atoms with Crippen molar-refractivity contribution in [3.8, 4) is 0 Å². The highest BCUT2D eigenvalue weighted by atomic mass is 16.4. The van der Waals surface area contributed by atoms with E-state index < -0.39 is 7.12 Å². The van der Waals surface area contributed by atoms with Gasteiger partial charge in [-0.2, -0.15) is 0 Å². The standard InChI is InChI=1S/C23H28BNO3/c1-2-5-18-6-3-8-21(16-18)20-11-14-25(15-12-20)23(26)22-9-4-7-19(17-22)10-13-24(27)28/h3-4,6-10,13,16-17,20,27-28H,2,5,11-12,14-15H2,1H3. The first-order valence-corrected chi connectivity index (χ1v) is 10.1. The summed E-state index contributed by atoms with van der Waals surface area (Å²) in [5.41, 5.74) is 4.21. The van der Waals surface area contributed by atoms with E-state index in [9.17, 15) is 4.79 Å². The maximum absolute atomic E-state index is 12.9. The van der Waals surface area contributed by atoms with E-state index in [0.717, 1.165) is 44.3 Å². The quantitative estimate of drug-likeness (QED) is 0.755. The molecule has 1 saturated heterocycles. The van der Waals surface area contributed by atoms with Crippen LogP contribution in [-0.4, -0.2) is 41.1 Å². The van der Waals surface area contributed by atoms with Crippen molar-refractivity contribution in [1.82, 2.24) is 4.90 Å². The predicted octanol–water partition coefficient (Wildman–Crippen LogP) is 3.68. The van der Waals surface area contributed by atoms with Crippen LogP contribution in [0.5, 0.6) is 0 Å². The van der Waals surface area contributed by atoms with Crippen molar-refractivity contribution in [3.05, 3.63) is 76.8 Å². The molecule has 0 aliphatic carbocycles. The van der Waals surface area contributed by atoms with Crippen LogP contribution in [-0.2, 0) is 6.42 Å². The van der Waals surface area contributed by atoms with Crippen LogP contribution in [0.15, 0.2) is 54.5 Å². The molecule has 146 valence electrons. The fraction of sp³-hybridized carbons (Fsp3) is 0.348. The minimum absolute atomic E-state index is 0.0398. The summed E-state index contributed by atoms with van der Waals surface area (Å²) in [6, 6.07) is 16.2. The fourth-order valence-corrected chi connectivity index (χ4v) is 3.86. The van der Waals surface area contributed by atoms with Crippen LogP contribution >= 0.6 is 0 Å². The van der Waals surface area contributed by atoms with E-state index >= 15 is 0 Å². The molecule has 2 N–H and O–H groups in total. The summed E-state index contributed by atoms with van der Waals surface area (Å²) in [6.45, 7) is 3.72. The van der Waals surface area contributed by atoms with Gasteiger partial charge >= 0.3 is 7.12 Å². The fourth-order valence-electron chi connectivity index (χ4n) is 3.86. The van der Waals surface area contributed by atoms with Gasteiger partial charge in [0.1, 0.15) is 0 Å². The summed E-state index contributed by atoms with van der Waals surface area (Å²) in [4.78, 5) is 14.8. The van der Waals surface area contributed by atoms with Crippen molar-refractivity contribution in [2.75, 3.05) is 13.1 Å². The van der Waals surface area contributed by atoms with Gasteiger partial charge in [-0.3, -0.25) is 4.79 Å². The monoisotopic (exact) mass is 377 g/mol. The van der Waals surface area contributed by atoms with E-state index in [2.05, 4.69) is 31.2 Å². The summed E-state index contributed by atoms with van der Waals surface area (Å²) in [7, 11) is -1.49. The summed E-state index contributed by atoms with van der Waals surface area (Å²) in [6.07, 6.45) is 5.84. The zero-order chi connectivity index (χ0) is 19.9. The maximum Gasteiger partial charge on any atom is 0.480 e. The van der Waals surface area contributed by atoms with Gasteiger partial charge in [-0.1, -0.05) is 61.8 Å². The average Bonchev–Trinajstić information content (AvgIpc) is 2.72. The Morgan fingerprint density at radius 3 is 2.61 bits per heavy atom. The minimum atomic E-state index is -1.49. The zero-order valence-electron chi connectivity index (χ0n) is 16.4. The normalized spacial score (nSPS) is 15.2. The highest BCUT2D eigenvalue weighted by molar-refractivity contribution is 6.48. The molecular weight excluding hydrogens is 349 g/mol. The first-order valence-electron chi connectivity index (χ1n) is 10.1. The first kappa shape index (κ1) is 20.4. The molecule has 5 heteroatoms. The summed E-state index contributed by atoms with van der Waals surface area (Å²) < 4.78 is 0. The lowest BCUT2D eigenvalue weighted by Gasteiger charge is -2.32. The van der Waals surface area contributed by atoms with Crippen LogP contribution in [0.3, 0.4) is 0 Å². The molecule has 2 aromatic rings. The number of rotatable bonds is 6. The number of nitrogens with zero attached hydrogens (tertiary/aromatic N) is 1. The molecule has 0 saturated carbocycles. The number of hydrogen-bond acceptors (Lipinski definition) is 3. The number of benzene rings is 2. The Labute approximate surface area is 167 Å². The molecule has 2 aromatic carbocycles. The van der Waals surface area contributed by atoms with Gasteiger partial charge < -0.3 is 14.9 Å². The number of amides is 1. The second-order valence-electron chi connectivity index (χ2n) is 7.46. The highest BCUT2D eigenvalue weighted by Gasteiger charge is 2.24. The van der Waals surface area contributed by atoms with Gasteiger partial charge in [-0.25, -0.2) is 0 Å². The molecule has 4 nitrogen and oxygen atoms in total. The van der Waals surface area contributed by atoms with Crippen LogP contribution in [0.2, 0.25) is 0 Å². The smallest absolute Gasteiger partial charge is 0.424 e. The molecule has 0 unspecified atom stereocenters. The topological polar surface area (TPSA) is 60.8 Å². The number of carbonyl (C=O) groups is 1. The van der Waals surface area contributed by atoms with Crippen molar-refractivity contribution in [2.24, 2.45) is 0 Å². The van der Waals surface area contributed by atoms with E-state index in [1.165, 1.54) is 17.1 Å². The SMILES string of the molecule is CCCc1cccc(C2CCN(C(=O)c3cccc(C=CB(O)O)c3)CC2)c1. The Kier molecular flexibility index (Phi) is 7.07. The second kappa shape index (κ2) is 9.72. The van der Waals surface area contributed by atoms with Gasteiger partial charge in [-0.05, 0) is 54.0 Å². The molecule has 0 bridgehead atoms. The zero-order valence-corrected chi connectivity index (χ0v) is 16.4. The summed E-state index contributed by atoms with van der Waals surface area (Å²) >= 11 is 0. The Morgan fingerprint density at radius 2 is 1.89 bits per heavy atom. The van der Waals surface area contributed by atoms with Crippen LogP contribution in [0, 0.1) is 0 Å². The van der Waals surface area contributed by atoms with Gasteiger partial charge in [-0.15, -0.1) is 0 Å². The van der Waals surface area contributed by atoms with Gasteiger partial charge in [0.2, 0.25) is 0 Å². The average molecular weight is 377 g/mol. The lowest BCUT2D eigenvalue weighted by molar-refractivity contribution is 0.0713. The van der Waals surface area contributed by atoms with E-state index in [4.69, 9.17) is 10.0 Å². The van der Waals surface area contributed by atoms with Gasteiger partial charge in [0.25, 0.3) is 5.91 Å². The molecule has 0 spiro atoms. The molecule has 1 amide bonds. The number of piperidine rings is 1. The Bertz CT molecular complexity index is 826. The summed E-state index contributed by atoms with van der Waals surface area (Å²) in [5, 5.41) is 17.9. The number of hydrogen-bond donors (Lipinski definition) is 2. The van der Waals surface area contributed by atoms with E-state index in [1.807, 2.05) is 23.1 Å². The van der Waals surface area contributed by atoms with Crippen LogP contribution in [0.25, 0.3) is 6.08 Å². The molecule has 28 heavy (non-hydrogen) atoms. The molecule has 0 atom stereocenters. The lowest BCUT2D eigenvalue weighted by Crippen LogP contribution is -2.37. The van der Waals surface area contributed by atoms with Crippen LogP contribution < -0.4 is 0 Å².